The van der Waals surface area contributed by atoms with E-state index in [1.807, 2.05) is 0 Å². The van der Waals surface area contributed by atoms with Gasteiger partial charge in [-0.25, -0.2) is 4.39 Å². The van der Waals surface area contributed by atoms with Gasteiger partial charge in [0.2, 0.25) is 0 Å². The lowest BCUT2D eigenvalue weighted by Gasteiger charge is -2.04. The molecule has 0 aromatic heterocycles. The van der Waals surface area contributed by atoms with Crippen molar-refractivity contribution in [1.82, 2.24) is 5.32 Å². The van der Waals surface area contributed by atoms with Gasteiger partial charge in [-0.15, -0.1) is 6.42 Å². The minimum Gasteiger partial charge on any atom is -0.398 e. The Morgan fingerprint density at radius 3 is 3.00 bits per heavy atom. The van der Waals surface area contributed by atoms with Crippen molar-refractivity contribution in [1.29, 1.82) is 0 Å². The van der Waals surface area contributed by atoms with Crippen LogP contribution in [0.15, 0.2) is 18.2 Å². The average Bonchev–Trinajstić information content (AvgIpc) is 2.18. The second kappa shape index (κ2) is 4.28. The molecule has 4 heteroatoms. The standard InChI is InChI=1S/C10H9FN2O/c1-2-5-13-10(14)8-6-7(11)3-4-9(8)12/h1,3-4,6H,5,12H2,(H,13,14). The summed E-state index contributed by atoms with van der Waals surface area (Å²) in [5.41, 5.74) is 5.80. The molecule has 3 N–H and O–H groups in total. The molecule has 0 radical (unpaired) electrons. The molecule has 1 aromatic rings. The largest absolute Gasteiger partial charge is 0.398 e. The highest BCUT2D eigenvalue weighted by Gasteiger charge is 2.09. The third kappa shape index (κ3) is 2.23. The van der Waals surface area contributed by atoms with Crippen molar-refractivity contribution in [2.24, 2.45) is 0 Å². The van der Waals surface area contributed by atoms with E-state index in [4.69, 9.17) is 12.2 Å². The second-order valence-electron chi connectivity index (χ2n) is 2.62. The van der Waals surface area contributed by atoms with Crippen LogP contribution in [0.25, 0.3) is 0 Å². The molecule has 1 amide bonds. The molecular weight excluding hydrogens is 183 g/mol. The maximum absolute atomic E-state index is 12.8. The van der Waals surface area contributed by atoms with Gasteiger partial charge in [-0.05, 0) is 18.2 Å². The number of terminal acetylenes is 1. The fourth-order valence-corrected chi connectivity index (χ4v) is 0.952. The predicted molar refractivity (Wildman–Crippen MR) is 52.0 cm³/mol. The van der Waals surface area contributed by atoms with E-state index in [1.165, 1.54) is 12.1 Å². The lowest BCUT2D eigenvalue weighted by molar-refractivity contribution is 0.0959. The number of benzene rings is 1. The van der Waals surface area contributed by atoms with Gasteiger partial charge in [0, 0.05) is 5.69 Å². The van der Waals surface area contributed by atoms with Crippen molar-refractivity contribution < 1.29 is 9.18 Å². The van der Waals surface area contributed by atoms with Crippen molar-refractivity contribution in [2.45, 2.75) is 0 Å². The molecule has 72 valence electrons. The number of nitrogens with one attached hydrogen (secondary N) is 1. The number of nitrogens with two attached hydrogens (primary N) is 1. The normalized spacial score (nSPS) is 9.14. The van der Waals surface area contributed by atoms with Gasteiger partial charge in [0.25, 0.3) is 5.91 Å². The van der Waals surface area contributed by atoms with Gasteiger partial charge in [-0.1, -0.05) is 5.92 Å². The van der Waals surface area contributed by atoms with Gasteiger partial charge in [0.05, 0.1) is 12.1 Å². The first kappa shape index (κ1) is 10.1. The number of halogens is 1. The number of carbonyl (C=O) groups excluding carboxylic acids is 1. The van der Waals surface area contributed by atoms with Crippen molar-refractivity contribution >= 4 is 11.6 Å². The smallest absolute Gasteiger partial charge is 0.254 e. The molecule has 1 rings (SSSR count). The van der Waals surface area contributed by atoms with Crippen LogP contribution >= 0.6 is 0 Å². The first-order valence-corrected chi connectivity index (χ1v) is 3.92. The SMILES string of the molecule is C#CCNC(=O)c1cc(F)ccc1N. The van der Waals surface area contributed by atoms with Crippen LogP contribution in [-0.4, -0.2) is 12.5 Å². The fraction of sp³-hybridized carbons (Fsp3) is 0.100. The average molecular weight is 192 g/mol. The molecular formula is C10H9FN2O. The maximum atomic E-state index is 12.8. The van der Waals surface area contributed by atoms with Crippen LogP contribution in [0.3, 0.4) is 0 Å². The minimum atomic E-state index is -0.509. The van der Waals surface area contributed by atoms with Crippen LogP contribution in [0, 0.1) is 18.2 Å². The third-order valence-corrected chi connectivity index (χ3v) is 1.61. The molecule has 0 spiro atoms. The predicted octanol–water partition coefficient (Wildman–Crippen LogP) is 0.771. The maximum Gasteiger partial charge on any atom is 0.254 e. The summed E-state index contributed by atoms with van der Waals surface area (Å²) in [6.07, 6.45) is 4.95. The number of carbonyl (C=O) groups is 1. The molecule has 0 unspecified atom stereocenters. The molecule has 0 aliphatic rings. The first-order valence-electron chi connectivity index (χ1n) is 3.92. The van der Waals surface area contributed by atoms with Crippen LogP contribution in [0.5, 0.6) is 0 Å². The number of anilines is 1. The summed E-state index contributed by atoms with van der Waals surface area (Å²) in [7, 11) is 0. The van der Waals surface area contributed by atoms with E-state index >= 15 is 0 Å². The Hall–Kier alpha value is -2.02. The Morgan fingerprint density at radius 2 is 2.36 bits per heavy atom. The Bertz CT molecular complexity index is 396. The van der Waals surface area contributed by atoms with Crippen molar-refractivity contribution in [3.63, 3.8) is 0 Å². The van der Waals surface area contributed by atoms with Gasteiger partial charge in [-0.3, -0.25) is 4.79 Å². The van der Waals surface area contributed by atoms with Crippen molar-refractivity contribution in [3.8, 4) is 12.3 Å². The molecule has 0 heterocycles. The molecule has 0 fully saturated rings. The molecule has 14 heavy (non-hydrogen) atoms. The zero-order valence-electron chi connectivity index (χ0n) is 7.38. The Labute approximate surface area is 81.1 Å². The molecule has 0 saturated heterocycles. The van der Waals surface area contributed by atoms with Crippen LogP contribution in [0.4, 0.5) is 10.1 Å². The van der Waals surface area contributed by atoms with E-state index in [0.29, 0.717) is 0 Å². The topological polar surface area (TPSA) is 55.1 Å². The van der Waals surface area contributed by atoms with E-state index in [2.05, 4.69) is 11.2 Å². The number of amides is 1. The molecule has 0 aliphatic heterocycles. The zero-order chi connectivity index (χ0) is 10.6. The molecule has 0 atom stereocenters. The summed E-state index contributed by atoms with van der Waals surface area (Å²) in [4.78, 5) is 11.3. The van der Waals surface area contributed by atoms with Crippen molar-refractivity contribution in [2.75, 3.05) is 12.3 Å². The lowest BCUT2D eigenvalue weighted by atomic mass is 10.1. The highest BCUT2D eigenvalue weighted by molar-refractivity contribution is 5.99. The summed E-state index contributed by atoms with van der Waals surface area (Å²) < 4.78 is 12.8. The zero-order valence-corrected chi connectivity index (χ0v) is 7.38. The molecule has 0 aliphatic carbocycles. The monoisotopic (exact) mass is 192 g/mol. The molecule has 0 bridgehead atoms. The number of nitrogen functional groups attached to an aromatic ring is 1. The Balaban J connectivity index is 2.90. The summed E-state index contributed by atoms with van der Waals surface area (Å²) in [6.45, 7) is 0.0921. The second-order valence-corrected chi connectivity index (χ2v) is 2.62. The van der Waals surface area contributed by atoms with E-state index in [0.717, 1.165) is 6.07 Å². The Morgan fingerprint density at radius 1 is 1.64 bits per heavy atom. The van der Waals surface area contributed by atoms with Crippen LogP contribution in [-0.2, 0) is 0 Å². The van der Waals surface area contributed by atoms with Crippen LogP contribution in [0.2, 0.25) is 0 Å². The van der Waals surface area contributed by atoms with E-state index < -0.39 is 11.7 Å². The number of rotatable bonds is 2. The third-order valence-electron chi connectivity index (χ3n) is 1.61. The van der Waals surface area contributed by atoms with Crippen LogP contribution < -0.4 is 11.1 Å². The van der Waals surface area contributed by atoms with Gasteiger partial charge in [-0.2, -0.15) is 0 Å². The van der Waals surface area contributed by atoms with E-state index in [-0.39, 0.29) is 17.8 Å². The molecule has 1 aromatic carbocycles. The van der Waals surface area contributed by atoms with Gasteiger partial charge in [0.15, 0.2) is 0 Å². The van der Waals surface area contributed by atoms with Crippen molar-refractivity contribution in [3.05, 3.63) is 29.6 Å². The minimum absolute atomic E-state index is 0.0921. The van der Waals surface area contributed by atoms with Gasteiger partial charge < -0.3 is 11.1 Å². The fourth-order valence-electron chi connectivity index (χ4n) is 0.952. The van der Waals surface area contributed by atoms with E-state index in [9.17, 15) is 9.18 Å². The number of hydrogen-bond acceptors (Lipinski definition) is 2. The highest BCUT2D eigenvalue weighted by Crippen LogP contribution is 2.12. The molecule has 3 nitrogen and oxygen atoms in total. The molecule has 0 saturated carbocycles. The summed E-state index contributed by atoms with van der Waals surface area (Å²) in [5, 5.41) is 2.39. The first-order chi connectivity index (χ1) is 6.65. The van der Waals surface area contributed by atoms with Gasteiger partial charge >= 0.3 is 0 Å². The summed E-state index contributed by atoms with van der Waals surface area (Å²) in [6, 6.07) is 3.59. The van der Waals surface area contributed by atoms with Gasteiger partial charge in [0.1, 0.15) is 5.82 Å². The summed E-state index contributed by atoms with van der Waals surface area (Å²) in [5.74, 6) is 1.25. The highest BCUT2D eigenvalue weighted by atomic mass is 19.1. The summed E-state index contributed by atoms with van der Waals surface area (Å²) >= 11 is 0. The lowest BCUT2D eigenvalue weighted by Crippen LogP contribution is -2.24. The Kier molecular flexibility index (Phi) is 3.08. The van der Waals surface area contributed by atoms with Crippen LogP contribution in [0.1, 0.15) is 10.4 Å². The number of hydrogen-bond donors (Lipinski definition) is 2. The van der Waals surface area contributed by atoms with E-state index in [1.54, 1.807) is 0 Å². The quantitative estimate of drug-likeness (QED) is 0.537.